The van der Waals surface area contributed by atoms with E-state index in [-0.39, 0.29) is 17.7 Å². The highest BCUT2D eigenvalue weighted by atomic mass is 19.1. The SMILES string of the molecule is COC(=O)C(C)Cc1c(C)nn(-c2cccc(F)c2)c1C. The monoisotopic (exact) mass is 290 g/mol. The van der Waals surface area contributed by atoms with Gasteiger partial charge >= 0.3 is 5.97 Å². The number of aryl methyl sites for hydroxylation is 1. The maximum atomic E-state index is 13.4. The number of ether oxygens (including phenoxy) is 1. The number of carbonyl (C=O) groups excluding carboxylic acids is 1. The summed E-state index contributed by atoms with van der Waals surface area (Å²) < 4.78 is 19.8. The maximum Gasteiger partial charge on any atom is 0.308 e. The average Bonchev–Trinajstić information content (AvgIpc) is 2.74. The van der Waals surface area contributed by atoms with Gasteiger partial charge in [-0.1, -0.05) is 13.0 Å². The molecule has 0 amide bonds. The van der Waals surface area contributed by atoms with E-state index in [0.29, 0.717) is 12.1 Å². The molecular formula is C16H19FN2O2. The van der Waals surface area contributed by atoms with Crippen LogP contribution in [0.3, 0.4) is 0 Å². The van der Waals surface area contributed by atoms with Crippen molar-refractivity contribution in [2.45, 2.75) is 27.2 Å². The zero-order chi connectivity index (χ0) is 15.6. The van der Waals surface area contributed by atoms with Crippen LogP contribution >= 0.6 is 0 Å². The van der Waals surface area contributed by atoms with E-state index in [1.54, 1.807) is 16.8 Å². The predicted molar refractivity (Wildman–Crippen MR) is 77.9 cm³/mol. The number of nitrogens with zero attached hydrogens (tertiary/aromatic N) is 2. The smallest absolute Gasteiger partial charge is 0.308 e. The molecule has 0 saturated heterocycles. The van der Waals surface area contributed by atoms with Crippen molar-refractivity contribution in [3.63, 3.8) is 0 Å². The summed E-state index contributed by atoms with van der Waals surface area (Å²) in [5.74, 6) is -0.783. The fourth-order valence-corrected chi connectivity index (χ4v) is 2.42. The Kier molecular flexibility index (Phi) is 4.40. The third kappa shape index (κ3) is 3.12. The third-order valence-corrected chi connectivity index (χ3v) is 3.61. The molecule has 112 valence electrons. The summed E-state index contributed by atoms with van der Waals surface area (Å²) in [7, 11) is 1.38. The van der Waals surface area contributed by atoms with Crippen molar-refractivity contribution >= 4 is 5.97 Å². The van der Waals surface area contributed by atoms with Crippen LogP contribution in [0.15, 0.2) is 24.3 Å². The van der Waals surface area contributed by atoms with E-state index in [0.717, 1.165) is 17.0 Å². The molecule has 2 aromatic rings. The number of esters is 1. The molecule has 1 aromatic carbocycles. The molecule has 0 aliphatic heterocycles. The number of hydrogen-bond donors (Lipinski definition) is 0. The molecule has 21 heavy (non-hydrogen) atoms. The summed E-state index contributed by atoms with van der Waals surface area (Å²) in [5, 5.41) is 4.46. The van der Waals surface area contributed by atoms with Crippen molar-refractivity contribution < 1.29 is 13.9 Å². The second-order valence-corrected chi connectivity index (χ2v) is 5.17. The van der Waals surface area contributed by atoms with Crippen molar-refractivity contribution in [3.8, 4) is 5.69 Å². The average molecular weight is 290 g/mol. The summed E-state index contributed by atoms with van der Waals surface area (Å²) in [5.41, 5.74) is 3.42. The van der Waals surface area contributed by atoms with Crippen LogP contribution in [0, 0.1) is 25.6 Å². The van der Waals surface area contributed by atoms with Gasteiger partial charge in [0.2, 0.25) is 0 Å². The number of hydrogen-bond acceptors (Lipinski definition) is 3. The van der Waals surface area contributed by atoms with E-state index in [1.807, 2.05) is 20.8 Å². The Labute approximate surface area is 123 Å². The van der Waals surface area contributed by atoms with Gasteiger partial charge in [0.15, 0.2) is 0 Å². The van der Waals surface area contributed by atoms with Crippen LogP contribution in [0.5, 0.6) is 0 Å². The Morgan fingerprint density at radius 3 is 2.76 bits per heavy atom. The van der Waals surface area contributed by atoms with E-state index in [1.165, 1.54) is 19.2 Å². The highest BCUT2D eigenvalue weighted by molar-refractivity contribution is 5.72. The van der Waals surface area contributed by atoms with Crippen molar-refractivity contribution in [1.29, 1.82) is 0 Å². The number of methoxy groups -OCH3 is 1. The third-order valence-electron chi connectivity index (χ3n) is 3.61. The van der Waals surface area contributed by atoms with Crippen molar-refractivity contribution in [3.05, 3.63) is 47.0 Å². The van der Waals surface area contributed by atoms with Crippen LogP contribution in [-0.2, 0) is 16.0 Å². The molecule has 1 aromatic heterocycles. The summed E-state index contributed by atoms with van der Waals surface area (Å²) in [6.07, 6.45) is 0.555. The standard InChI is InChI=1S/C16H19FN2O2/c1-10(16(20)21-4)8-15-11(2)18-19(12(15)3)14-7-5-6-13(17)9-14/h5-7,9-10H,8H2,1-4H3. The zero-order valence-corrected chi connectivity index (χ0v) is 12.7. The minimum Gasteiger partial charge on any atom is -0.469 e. The molecule has 4 nitrogen and oxygen atoms in total. The second kappa shape index (κ2) is 6.08. The Morgan fingerprint density at radius 1 is 1.43 bits per heavy atom. The van der Waals surface area contributed by atoms with E-state index in [4.69, 9.17) is 4.74 Å². The van der Waals surface area contributed by atoms with E-state index < -0.39 is 0 Å². The molecule has 0 spiro atoms. The summed E-state index contributed by atoms with van der Waals surface area (Å²) in [6.45, 7) is 5.64. The van der Waals surface area contributed by atoms with Crippen LogP contribution in [0.1, 0.15) is 23.9 Å². The molecule has 0 fully saturated rings. The van der Waals surface area contributed by atoms with Gasteiger partial charge in [-0.3, -0.25) is 4.79 Å². The zero-order valence-electron chi connectivity index (χ0n) is 12.7. The van der Waals surface area contributed by atoms with Gasteiger partial charge in [0.25, 0.3) is 0 Å². The van der Waals surface area contributed by atoms with Crippen molar-refractivity contribution in [2.75, 3.05) is 7.11 Å². The summed E-state index contributed by atoms with van der Waals surface area (Å²) in [6, 6.07) is 6.29. The highest BCUT2D eigenvalue weighted by Gasteiger charge is 2.20. The topological polar surface area (TPSA) is 44.1 Å². The minimum atomic E-state index is -0.301. The normalized spacial score (nSPS) is 12.2. The molecule has 1 atom stereocenters. The van der Waals surface area contributed by atoms with Gasteiger partial charge in [-0.25, -0.2) is 9.07 Å². The van der Waals surface area contributed by atoms with Crippen molar-refractivity contribution in [2.24, 2.45) is 5.92 Å². The highest BCUT2D eigenvalue weighted by Crippen LogP contribution is 2.21. The first-order valence-corrected chi connectivity index (χ1v) is 6.83. The van der Waals surface area contributed by atoms with Crippen LogP contribution in [0.25, 0.3) is 5.69 Å². The van der Waals surface area contributed by atoms with Crippen LogP contribution in [-0.4, -0.2) is 22.9 Å². The van der Waals surface area contributed by atoms with Crippen molar-refractivity contribution in [1.82, 2.24) is 9.78 Å². The molecule has 5 heteroatoms. The molecule has 0 aliphatic carbocycles. The van der Waals surface area contributed by atoms with Gasteiger partial charge in [-0.2, -0.15) is 5.10 Å². The number of benzene rings is 1. The Bertz CT molecular complexity index is 664. The lowest BCUT2D eigenvalue weighted by Crippen LogP contribution is -2.15. The summed E-state index contributed by atoms with van der Waals surface area (Å²) in [4.78, 5) is 11.6. The van der Waals surface area contributed by atoms with Gasteiger partial charge in [0, 0.05) is 5.69 Å². The lowest BCUT2D eigenvalue weighted by Gasteiger charge is -2.10. The molecule has 0 N–H and O–H groups in total. The van der Waals surface area contributed by atoms with E-state index >= 15 is 0 Å². The molecule has 0 bridgehead atoms. The Hall–Kier alpha value is -2.17. The lowest BCUT2D eigenvalue weighted by molar-refractivity contribution is -0.144. The Balaban J connectivity index is 2.36. The largest absolute Gasteiger partial charge is 0.469 e. The van der Waals surface area contributed by atoms with Gasteiger partial charge in [-0.05, 0) is 44.0 Å². The van der Waals surface area contributed by atoms with Gasteiger partial charge in [0.05, 0.1) is 24.4 Å². The number of rotatable bonds is 4. The molecule has 1 heterocycles. The number of halogens is 1. The minimum absolute atomic E-state index is 0.238. The fraction of sp³-hybridized carbons (Fsp3) is 0.375. The van der Waals surface area contributed by atoms with Gasteiger partial charge < -0.3 is 4.74 Å². The lowest BCUT2D eigenvalue weighted by atomic mass is 10.00. The Morgan fingerprint density at radius 2 is 2.14 bits per heavy atom. The predicted octanol–water partition coefficient (Wildman–Crippen LogP) is 2.98. The van der Waals surface area contributed by atoms with Gasteiger partial charge in [0.1, 0.15) is 5.82 Å². The van der Waals surface area contributed by atoms with Crippen LogP contribution < -0.4 is 0 Å². The molecule has 0 saturated carbocycles. The number of carbonyl (C=O) groups is 1. The molecule has 2 rings (SSSR count). The van der Waals surface area contributed by atoms with E-state index in [9.17, 15) is 9.18 Å². The maximum absolute atomic E-state index is 13.4. The van der Waals surface area contributed by atoms with Crippen LogP contribution in [0.4, 0.5) is 4.39 Å². The summed E-state index contributed by atoms with van der Waals surface area (Å²) >= 11 is 0. The number of aromatic nitrogens is 2. The first-order valence-electron chi connectivity index (χ1n) is 6.83. The quantitative estimate of drug-likeness (QED) is 0.813. The van der Waals surface area contributed by atoms with Gasteiger partial charge in [-0.15, -0.1) is 0 Å². The van der Waals surface area contributed by atoms with E-state index in [2.05, 4.69) is 5.10 Å². The molecule has 0 radical (unpaired) electrons. The first-order chi connectivity index (χ1) is 9.93. The molecule has 1 unspecified atom stereocenters. The molecule has 0 aliphatic rings. The first kappa shape index (κ1) is 15.2. The molecular weight excluding hydrogens is 271 g/mol. The van der Waals surface area contributed by atoms with Crippen LogP contribution in [0.2, 0.25) is 0 Å². The second-order valence-electron chi connectivity index (χ2n) is 5.17. The fourth-order valence-electron chi connectivity index (χ4n) is 2.42.